The third-order valence-electron chi connectivity index (χ3n) is 7.63. The first-order chi connectivity index (χ1) is 16.5. The molecule has 178 valence electrons. The number of carboxylic acid groups (broad SMARTS) is 1. The Kier molecular flexibility index (Phi) is 6.02. The molecule has 0 aromatic heterocycles. The minimum atomic E-state index is -0.815. The van der Waals surface area contributed by atoms with E-state index < -0.39 is 12.1 Å². The molecule has 3 aliphatic carbocycles. The topological polar surface area (TPSA) is 105 Å². The second kappa shape index (κ2) is 9.12. The average Bonchev–Trinajstić information content (AvgIpc) is 3.25. The second-order valence-electron chi connectivity index (χ2n) is 9.77. The highest BCUT2D eigenvalue weighted by Crippen LogP contribution is 2.63. The summed E-state index contributed by atoms with van der Waals surface area (Å²) < 4.78 is 5.66. The maximum absolute atomic E-state index is 12.7. The number of ether oxygens (including phenoxy) is 1. The second-order valence-corrected chi connectivity index (χ2v) is 9.77. The van der Waals surface area contributed by atoms with Crippen LogP contribution in [0, 0.1) is 11.3 Å². The Hall–Kier alpha value is -3.35. The number of hydrogen-bond acceptors (Lipinski definition) is 4. The third-order valence-corrected chi connectivity index (χ3v) is 7.63. The van der Waals surface area contributed by atoms with Crippen molar-refractivity contribution in [3.8, 4) is 11.1 Å². The molecule has 2 fully saturated rings. The molecule has 0 bridgehead atoms. The number of rotatable bonds is 9. The fourth-order valence-electron chi connectivity index (χ4n) is 5.87. The van der Waals surface area contributed by atoms with Crippen LogP contribution in [0.3, 0.4) is 0 Å². The standard InChI is InChI=1S/C27H30N2O5/c30-24(31)11-5-6-12-28-25(32)27-14-17(27)13-18(15-27)29-26(33)34-16-23-21-9-3-1-7-19(21)20-8-2-4-10-22(20)23/h1-4,7-10,17-18,23H,5-6,11-16H2,(H,28,32)(H,29,33)(H,30,31). The molecule has 3 unspecified atom stereocenters. The minimum Gasteiger partial charge on any atom is -0.481 e. The molecule has 0 aliphatic heterocycles. The van der Waals surface area contributed by atoms with Crippen LogP contribution in [0.4, 0.5) is 4.79 Å². The number of amides is 2. The van der Waals surface area contributed by atoms with Crippen molar-refractivity contribution in [1.82, 2.24) is 10.6 Å². The quantitative estimate of drug-likeness (QED) is 0.488. The Bertz CT molecular complexity index is 1070. The summed E-state index contributed by atoms with van der Waals surface area (Å²) in [5.74, 6) is -0.464. The highest BCUT2D eigenvalue weighted by atomic mass is 16.5. The van der Waals surface area contributed by atoms with Crippen LogP contribution < -0.4 is 10.6 Å². The lowest BCUT2D eigenvalue weighted by molar-refractivity contribution is -0.137. The molecule has 3 N–H and O–H groups in total. The van der Waals surface area contributed by atoms with E-state index in [4.69, 9.17) is 9.84 Å². The van der Waals surface area contributed by atoms with Gasteiger partial charge in [0.2, 0.25) is 5.91 Å². The fraction of sp³-hybridized carbons (Fsp3) is 0.444. The van der Waals surface area contributed by atoms with Gasteiger partial charge in [0.15, 0.2) is 0 Å². The summed E-state index contributed by atoms with van der Waals surface area (Å²) in [4.78, 5) is 35.9. The highest BCUT2D eigenvalue weighted by Gasteiger charge is 2.65. The zero-order valence-electron chi connectivity index (χ0n) is 19.1. The minimum absolute atomic E-state index is 0.0216. The molecule has 2 saturated carbocycles. The van der Waals surface area contributed by atoms with Gasteiger partial charge in [-0.05, 0) is 60.3 Å². The first-order valence-electron chi connectivity index (χ1n) is 12.1. The Labute approximate surface area is 198 Å². The highest BCUT2D eigenvalue weighted by molar-refractivity contribution is 5.87. The van der Waals surface area contributed by atoms with E-state index in [2.05, 4.69) is 34.9 Å². The number of aliphatic carboxylic acids is 1. The number of hydrogen-bond donors (Lipinski definition) is 3. The molecule has 7 heteroatoms. The van der Waals surface area contributed by atoms with Gasteiger partial charge in [-0.25, -0.2) is 4.79 Å². The van der Waals surface area contributed by atoms with E-state index in [1.54, 1.807) is 0 Å². The van der Waals surface area contributed by atoms with Crippen molar-refractivity contribution in [2.45, 2.75) is 50.5 Å². The number of carbonyl (C=O) groups is 3. The van der Waals surface area contributed by atoms with Crippen LogP contribution in [0.5, 0.6) is 0 Å². The lowest BCUT2D eigenvalue weighted by Crippen LogP contribution is -2.38. The summed E-state index contributed by atoms with van der Waals surface area (Å²) in [6.45, 7) is 0.767. The van der Waals surface area contributed by atoms with Crippen LogP contribution in [0.2, 0.25) is 0 Å². The molecule has 0 spiro atoms. The smallest absolute Gasteiger partial charge is 0.407 e. The van der Waals surface area contributed by atoms with E-state index in [1.807, 2.05) is 24.3 Å². The zero-order chi connectivity index (χ0) is 23.7. The van der Waals surface area contributed by atoms with E-state index in [-0.39, 0.29) is 36.3 Å². The molecule has 2 aromatic rings. The molecular weight excluding hydrogens is 432 g/mol. The SMILES string of the molecule is O=C(O)CCCCNC(=O)C12CC(NC(=O)OCC3c4ccccc4-c4ccccc43)CC1C2. The monoisotopic (exact) mass is 462 g/mol. The molecule has 2 aromatic carbocycles. The van der Waals surface area contributed by atoms with Gasteiger partial charge in [0.05, 0.1) is 5.41 Å². The zero-order valence-corrected chi connectivity index (χ0v) is 19.1. The molecule has 0 radical (unpaired) electrons. The van der Waals surface area contributed by atoms with Crippen molar-refractivity contribution in [3.63, 3.8) is 0 Å². The van der Waals surface area contributed by atoms with Crippen molar-refractivity contribution in [3.05, 3.63) is 59.7 Å². The maximum atomic E-state index is 12.7. The van der Waals surface area contributed by atoms with Crippen molar-refractivity contribution < 1.29 is 24.2 Å². The molecular formula is C27H30N2O5. The summed E-state index contributed by atoms with van der Waals surface area (Å²) in [7, 11) is 0. The molecule has 0 saturated heterocycles. The molecule has 0 heterocycles. The van der Waals surface area contributed by atoms with E-state index in [0.717, 1.165) is 12.8 Å². The van der Waals surface area contributed by atoms with Crippen molar-refractivity contribution in [2.24, 2.45) is 11.3 Å². The van der Waals surface area contributed by atoms with E-state index >= 15 is 0 Å². The lowest BCUT2D eigenvalue weighted by atomic mass is 9.98. The van der Waals surface area contributed by atoms with Crippen LogP contribution in [0.25, 0.3) is 11.1 Å². The number of unbranched alkanes of at least 4 members (excludes halogenated alkanes) is 1. The van der Waals surface area contributed by atoms with Gasteiger partial charge in [0, 0.05) is 24.9 Å². The van der Waals surface area contributed by atoms with Crippen molar-refractivity contribution in [2.75, 3.05) is 13.2 Å². The number of nitrogens with one attached hydrogen (secondary N) is 2. The first-order valence-corrected chi connectivity index (χ1v) is 12.1. The molecule has 7 nitrogen and oxygen atoms in total. The van der Waals surface area contributed by atoms with E-state index in [1.165, 1.54) is 22.3 Å². The van der Waals surface area contributed by atoms with Gasteiger partial charge in [0.25, 0.3) is 0 Å². The number of benzene rings is 2. The number of fused-ring (bicyclic) bond motifs is 4. The van der Waals surface area contributed by atoms with Gasteiger partial charge >= 0.3 is 12.1 Å². The Balaban J connectivity index is 1.10. The number of carbonyl (C=O) groups excluding carboxylic acids is 2. The van der Waals surface area contributed by atoms with Gasteiger partial charge in [-0.2, -0.15) is 0 Å². The van der Waals surface area contributed by atoms with E-state index in [9.17, 15) is 14.4 Å². The average molecular weight is 463 g/mol. The predicted octanol–water partition coefficient (Wildman–Crippen LogP) is 4.06. The van der Waals surface area contributed by atoms with Crippen LogP contribution in [0.15, 0.2) is 48.5 Å². The molecule has 34 heavy (non-hydrogen) atoms. The normalized spacial score (nSPS) is 24.0. The maximum Gasteiger partial charge on any atom is 0.407 e. The van der Waals surface area contributed by atoms with Gasteiger partial charge in [-0.15, -0.1) is 0 Å². The van der Waals surface area contributed by atoms with E-state index in [0.29, 0.717) is 31.7 Å². The summed E-state index contributed by atoms with van der Waals surface area (Å²) in [5, 5.41) is 14.6. The van der Waals surface area contributed by atoms with Gasteiger partial charge in [-0.1, -0.05) is 48.5 Å². The van der Waals surface area contributed by atoms with Crippen LogP contribution in [0.1, 0.15) is 55.6 Å². The summed E-state index contributed by atoms with van der Waals surface area (Å²) >= 11 is 0. The largest absolute Gasteiger partial charge is 0.481 e. The van der Waals surface area contributed by atoms with Gasteiger partial charge in [0.1, 0.15) is 6.61 Å². The third kappa shape index (κ3) is 4.27. The summed E-state index contributed by atoms with van der Waals surface area (Å²) in [6, 6.07) is 16.4. The summed E-state index contributed by atoms with van der Waals surface area (Å²) in [5.41, 5.74) is 4.36. The Morgan fingerprint density at radius 3 is 2.32 bits per heavy atom. The molecule has 5 rings (SSSR count). The summed E-state index contributed by atoms with van der Waals surface area (Å²) in [6.07, 6.45) is 3.17. The Morgan fingerprint density at radius 1 is 0.971 bits per heavy atom. The van der Waals surface area contributed by atoms with Crippen molar-refractivity contribution >= 4 is 18.0 Å². The van der Waals surface area contributed by atoms with Crippen LogP contribution in [-0.4, -0.2) is 42.3 Å². The predicted molar refractivity (Wildman–Crippen MR) is 126 cm³/mol. The first kappa shape index (κ1) is 22.4. The Morgan fingerprint density at radius 2 is 1.65 bits per heavy atom. The van der Waals surface area contributed by atoms with Crippen molar-refractivity contribution in [1.29, 1.82) is 0 Å². The lowest BCUT2D eigenvalue weighted by Gasteiger charge is -2.19. The fourth-order valence-corrected chi connectivity index (χ4v) is 5.87. The van der Waals surface area contributed by atoms with Crippen LogP contribution in [-0.2, 0) is 14.3 Å². The molecule has 3 aliphatic rings. The van der Waals surface area contributed by atoms with Crippen LogP contribution >= 0.6 is 0 Å². The molecule has 3 atom stereocenters. The van der Waals surface area contributed by atoms with Gasteiger partial charge < -0.3 is 20.5 Å². The number of alkyl carbamates (subject to hydrolysis) is 1. The van der Waals surface area contributed by atoms with Gasteiger partial charge in [-0.3, -0.25) is 9.59 Å². The number of carboxylic acids is 1. The molecule has 2 amide bonds.